The number of aromatic nitrogens is 3. The Kier molecular flexibility index (Phi) is 6.63. The van der Waals surface area contributed by atoms with Crippen LogP contribution in [0.4, 0.5) is 18.9 Å². The summed E-state index contributed by atoms with van der Waals surface area (Å²) in [5.74, 6) is -1.48. The fourth-order valence-electron chi connectivity index (χ4n) is 2.28. The topological polar surface area (TPSA) is 76.9 Å². The Balaban J connectivity index is 2.05. The van der Waals surface area contributed by atoms with Crippen molar-refractivity contribution in [3.63, 3.8) is 0 Å². The molecule has 1 aromatic heterocycles. The van der Waals surface area contributed by atoms with Crippen molar-refractivity contribution in [2.75, 3.05) is 5.32 Å². The van der Waals surface area contributed by atoms with Gasteiger partial charge in [0.1, 0.15) is 0 Å². The summed E-state index contributed by atoms with van der Waals surface area (Å²) in [6.07, 6.45) is -3.47. The van der Waals surface area contributed by atoms with Gasteiger partial charge in [-0.1, -0.05) is 18.7 Å². The quantitative estimate of drug-likeness (QED) is 0.563. The third kappa shape index (κ3) is 5.31. The number of thioether (sulfide) groups is 1. The summed E-state index contributed by atoms with van der Waals surface area (Å²) >= 11 is 0.902. The number of amides is 1. The van der Waals surface area contributed by atoms with E-state index in [0.717, 1.165) is 22.7 Å². The molecule has 6 nitrogen and oxygen atoms in total. The van der Waals surface area contributed by atoms with E-state index in [-0.39, 0.29) is 16.8 Å². The summed E-state index contributed by atoms with van der Waals surface area (Å²) in [5, 5.41) is 8.73. The predicted octanol–water partition coefficient (Wildman–Crippen LogP) is 3.94. The molecule has 0 aliphatic heterocycles. The minimum absolute atomic E-state index is 0.00613. The van der Waals surface area contributed by atoms with Gasteiger partial charge < -0.3 is 9.88 Å². The van der Waals surface area contributed by atoms with Gasteiger partial charge in [0.15, 0.2) is 10.9 Å². The van der Waals surface area contributed by atoms with Crippen LogP contribution in [0.1, 0.15) is 42.9 Å². The number of halogens is 3. The second kappa shape index (κ2) is 8.55. The van der Waals surface area contributed by atoms with E-state index in [9.17, 15) is 22.8 Å². The molecule has 2 rings (SSSR count). The molecule has 27 heavy (non-hydrogen) atoms. The summed E-state index contributed by atoms with van der Waals surface area (Å²) in [6.45, 7) is 3.49. The minimum atomic E-state index is -4.61. The molecular weight excluding hydrogens is 381 g/mol. The van der Waals surface area contributed by atoms with Crippen LogP contribution in [0, 0.1) is 0 Å². The second-order valence-corrected chi connectivity index (χ2v) is 7.17. The molecule has 1 atom stereocenters. The zero-order chi connectivity index (χ0) is 20.2. The van der Waals surface area contributed by atoms with Gasteiger partial charge in [0.05, 0.1) is 5.25 Å². The van der Waals surface area contributed by atoms with Crippen molar-refractivity contribution >= 4 is 29.1 Å². The highest BCUT2D eigenvalue weighted by Gasteiger charge is 2.37. The van der Waals surface area contributed by atoms with E-state index in [0.29, 0.717) is 17.7 Å². The van der Waals surface area contributed by atoms with Crippen LogP contribution in [0.25, 0.3) is 0 Å². The highest BCUT2D eigenvalue weighted by Crippen LogP contribution is 2.31. The minimum Gasteiger partial charge on any atom is -0.326 e. The highest BCUT2D eigenvalue weighted by molar-refractivity contribution is 8.00. The lowest BCUT2D eigenvalue weighted by Crippen LogP contribution is -2.16. The van der Waals surface area contributed by atoms with Gasteiger partial charge in [-0.2, -0.15) is 13.2 Å². The molecule has 0 radical (unpaired) electrons. The third-order valence-corrected chi connectivity index (χ3v) is 4.80. The van der Waals surface area contributed by atoms with Crippen molar-refractivity contribution in [2.24, 2.45) is 7.05 Å². The first-order valence-corrected chi connectivity index (χ1v) is 9.08. The predicted molar refractivity (Wildman–Crippen MR) is 95.6 cm³/mol. The Morgan fingerprint density at radius 2 is 1.85 bits per heavy atom. The molecule has 1 N–H and O–H groups in total. The molecular formula is C17H19F3N4O2S. The lowest BCUT2D eigenvalue weighted by Gasteiger charge is -2.11. The van der Waals surface area contributed by atoms with E-state index in [1.54, 1.807) is 31.2 Å². The first-order valence-electron chi connectivity index (χ1n) is 8.20. The Hall–Kier alpha value is -2.36. The van der Waals surface area contributed by atoms with Gasteiger partial charge in [0.25, 0.3) is 0 Å². The number of rotatable bonds is 7. The number of benzene rings is 1. The summed E-state index contributed by atoms with van der Waals surface area (Å²) in [7, 11) is 1.20. The first-order chi connectivity index (χ1) is 12.6. The second-order valence-electron chi connectivity index (χ2n) is 5.86. The number of nitrogens with zero attached hydrogens (tertiary/aromatic N) is 3. The Labute approximate surface area is 158 Å². The normalized spacial score (nSPS) is 12.7. The van der Waals surface area contributed by atoms with E-state index in [1.807, 2.05) is 6.92 Å². The van der Waals surface area contributed by atoms with Gasteiger partial charge in [0, 0.05) is 24.7 Å². The molecule has 10 heteroatoms. The summed E-state index contributed by atoms with van der Waals surface area (Å²) in [6, 6.07) is 6.36. The van der Waals surface area contributed by atoms with Crippen LogP contribution in [-0.4, -0.2) is 31.7 Å². The molecule has 2 aromatic rings. The van der Waals surface area contributed by atoms with E-state index in [1.165, 1.54) is 7.05 Å². The van der Waals surface area contributed by atoms with Gasteiger partial charge in [-0.05, 0) is 37.6 Å². The smallest absolute Gasteiger partial charge is 0.326 e. The summed E-state index contributed by atoms with van der Waals surface area (Å²) < 4.78 is 39.1. The molecule has 1 aromatic carbocycles. The van der Waals surface area contributed by atoms with E-state index in [2.05, 4.69) is 15.5 Å². The summed E-state index contributed by atoms with van der Waals surface area (Å²) in [5.41, 5.74) is 0.968. The number of nitrogens with one attached hydrogen (secondary N) is 1. The van der Waals surface area contributed by atoms with Crippen molar-refractivity contribution in [1.82, 2.24) is 14.8 Å². The monoisotopic (exact) mass is 400 g/mol. The number of hydrogen-bond donors (Lipinski definition) is 1. The van der Waals surface area contributed by atoms with Crippen LogP contribution in [-0.2, 0) is 18.0 Å². The van der Waals surface area contributed by atoms with Crippen molar-refractivity contribution < 1.29 is 22.8 Å². The van der Waals surface area contributed by atoms with E-state index in [4.69, 9.17) is 0 Å². The molecule has 0 saturated carbocycles. The largest absolute Gasteiger partial charge is 0.451 e. The molecule has 0 spiro atoms. The fraction of sp³-hybridized carbons (Fsp3) is 0.412. The number of carbonyl (C=O) groups excluding carboxylic acids is 2. The van der Waals surface area contributed by atoms with Crippen molar-refractivity contribution in [2.45, 2.75) is 43.3 Å². The number of hydrogen-bond acceptors (Lipinski definition) is 5. The maximum absolute atomic E-state index is 12.8. The van der Waals surface area contributed by atoms with Gasteiger partial charge in [-0.3, -0.25) is 9.59 Å². The number of carbonyl (C=O) groups is 2. The van der Waals surface area contributed by atoms with Gasteiger partial charge in [-0.15, -0.1) is 10.2 Å². The lowest BCUT2D eigenvalue weighted by atomic mass is 10.1. The zero-order valence-corrected chi connectivity index (χ0v) is 15.8. The average molecular weight is 400 g/mol. The molecule has 1 heterocycles. The maximum atomic E-state index is 12.8. The van der Waals surface area contributed by atoms with Crippen LogP contribution < -0.4 is 5.32 Å². The third-order valence-electron chi connectivity index (χ3n) is 3.67. The molecule has 1 amide bonds. The Bertz CT molecular complexity index is 819. The molecule has 0 fully saturated rings. The number of anilines is 1. The molecule has 0 aliphatic carbocycles. The molecule has 0 saturated heterocycles. The average Bonchev–Trinajstić information content (AvgIpc) is 2.96. The van der Waals surface area contributed by atoms with Gasteiger partial charge in [-0.25, -0.2) is 0 Å². The van der Waals surface area contributed by atoms with Gasteiger partial charge >= 0.3 is 6.18 Å². The van der Waals surface area contributed by atoms with E-state index < -0.39 is 17.3 Å². The van der Waals surface area contributed by atoms with E-state index >= 15 is 0 Å². The zero-order valence-electron chi connectivity index (χ0n) is 15.0. The molecule has 0 aliphatic rings. The van der Waals surface area contributed by atoms with Crippen LogP contribution in [0.2, 0.25) is 0 Å². The highest BCUT2D eigenvalue weighted by atomic mass is 32.2. The SMILES string of the molecule is CCCC(=O)Nc1ccc(C(=O)C(C)Sc2nnc(C(F)(F)F)n2C)cc1. The van der Waals surface area contributed by atoms with Crippen LogP contribution >= 0.6 is 11.8 Å². The van der Waals surface area contributed by atoms with Crippen LogP contribution in [0.5, 0.6) is 0 Å². The maximum Gasteiger partial charge on any atom is 0.451 e. The molecule has 1 unspecified atom stereocenters. The Morgan fingerprint density at radius 1 is 1.22 bits per heavy atom. The van der Waals surface area contributed by atoms with Crippen LogP contribution in [0.15, 0.2) is 29.4 Å². The van der Waals surface area contributed by atoms with Crippen molar-refractivity contribution in [3.05, 3.63) is 35.7 Å². The van der Waals surface area contributed by atoms with Crippen molar-refractivity contribution in [1.29, 1.82) is 0 Å². The van der Waals surface area contributed by atoms with Crippen molar-refractivity contribution in [3.8, 4) is 0 Å². The Morgan fingerprint density at radius 3 is 2.37 bits per heavy atom. The number of alkyl halides is 3. The number of ketones is 1. The first kappa shape index (κ1) is 20.9. The standard InChI is InChI=1S/C17H19F3N4O2S/c1-4-5-13(25)21-12-8-6-11(7-9-12)14(26)10(2)27-16-23-22-15(24(16)3)17(18,19)20/h6-10H,4-5H2,1-3H3,(H,21,25). The molecule has 146 valence electrons. The number of Topliss-reactive ketones (excluding diaryl/α,β-unsaturated/α-hetero) is 1. The molecule has 0 bridgehead atoms. The fourth-order valence-corrected chi connectivity index (χ4v) is 3.17. The van der Waals surface area contributed by atoms with Crippen LogP contribution in [0.3, 0.4) is 0 Å². The van der Waals surface area contributed by atoms with Gasteiger partial charge in [0.2, 0.25) is 11.7 Å². The summed E-state index contributed by atoms with van der Waals surface area (Å²) in [4.78, 5) is 24.1. The lowest BCUT2D eigenvalue weighted by molar-refractivity contribution is -0.147.